The smallest absolute Gasteiger partial charge is 0.322 e. The molecule has 0 aromatic carbocycles. The largest absolute Gasteiger partial charge is 0.480 e. The van der Waals surface area contributed by atoms with Crippen LogP contribution in [0.3, 0.4) is 0 Å². The highest BCUT2D eigenvalue weighted by molar-refractivity contribution is 5.88. The lowest BCUT2D eigenvalue weighted by Gasteiger charge is -2.21. The summed E-state index contributed by atoms with van der Waals surface area (Å²) in [4.78, 5) is 45.7. The zero-order valence-corrected chi connectivity index (χ0v) is 11.6. The van der Waals surface area contributed by atoms with Gasteiger partial charge in [-0.2, -0.15) is 0 Å². The molecule has 0 radical (unpaired) electrons. The summed E-state index contributed by atoms with van der Waals surface area (Å²) in [7, 11) is 1.46. The lowest BCUT2D eigenvalue weighted by atomic mass is 10.4. The summed E-state index contributed by atoms with van der Waals surface area (Å²) in [6, 6.07) is -0.555. The first-order chi connectivity index (χ1) is 9.40. The van der Waals surface area contributed by atoms with E-state index in [9.17, 15) is 19.2 Å². The fraction of sp³-hybridized carbons (Fsp3) is 0.636. The number of nitrogens with one attached hydrogen (secondary N) is 3. The van der Waals surface area contributed by atoms with E-state index in [0.717, 1.165) is 0 Å². The Hall–Kier alpha value is -2.32. The topological polar surface area (TPSA) is 128 Å². The van der Waals surface area contributed by atoms with E-state index in [2.05, 4.69) is 16.0 Å². The summed E-state index contributed by atoms with van der Waals surface area (Å²) in [6.45, 7) is 1.26. The van der Waals surface area contributed by atoms with Crippen molar-refractivity contribution in [2.24, 2.45) is 0 Å². The van der Waals surface area contributed by atoms with E-state index in [-0.39, 0.29) is 19.0 Å². The molecule has 0 heterocycles. The molecule has 0 unspecified atom stereocenters. The highest BCUT2D eigenvalue weighted by Crippen LogP contribution is 1.92. The van der Waals surface area contributed by atoms with Gasteiger partial charge in [-0.25, -0.2) is 4.79 Å². The number of carboxylic acid groups (broad SMARTS) is 1. The van der Waals surface area contributed by atoms with E-state index in [1.54, 1.807) is 0 Å². The van der Waals surface area contributed by atoms with Crippen LogP contribution in [0.2, 0.25) is 0 Å². The maximum atomic E-state index is 11.8. The van der Waals surface area contributed by atoms with Crippen LogP contribution in [0.5, 0.6) is 0 Å². The average molecular weight is 288 g/mol. The summed E-state index contributed by atoms with van der Waals surface area (Å²) in [5.41, 5.74) is 0. The molecular formula is C11H20N4O5. The van der Waals surface area contributed by atoms with Crippen LogP contribution in [-0.4, -0.2) is 67.0 Å². The lowest BCUT2D eigenvalue weighted by Crippen LogP contribution is -2.48. The highest BCUT2D eigenvalue weighted by atomic mass is 16.4. The minimum atomic E-state index is -1.17. The molecule has 0 fully saturated rings. The molecule has 4 amide bonds. The Bertz CT molecular complexity index is 372. The molecular weight excluding hydrogens is 268 g/mol. The Balaban J connectivity index is 4.21. The van der Waals surface area contributed by atoms with E-state index < -0.39 is 24.5 Å². The minimum absolute atomic E-state index is 0.104. The number of urea groups is 1. The first kappa shape index (κ1) is 17.7. The van der Waals surface area contributed by atoms with Gasteiger partial charge in [0.05, 0.1) is 6.54 Å². The van der Waals surface area contributed by atoms with E-state index in [1.807, 2.05) is 6.92 Å². The Morgan fingerprint density at radius 1 is 1.05 bits per heavy atom. The number of nitrogens with zero attached hydrogens (tertiary/aromatic N) is 1. The minimum Gasteiger partial charge on any atom is -0.480 e. The van der Waals surface area contributed by atoms with Gasteiger partial charge in [-0.05, 0) is 6.42 Å². The van der Waals surface area contributed by atoms with Gasteiger partial charge >= 0.3 is 12.0 Å². The number of amides is 4. The standard InChI is InChI=1S/C11H20N4O5/c1-3-4-15(7-9(17)12-2)11(20)14-5-8(16)13-6-10(18)19/h3-7H2,1-2H3,(H,12,17)(H,13,16)(H,14,20)(H,18,19). The van der Waals surface area contributed by atoms with Crippen LogP contribution in [0.1, 0.15) is 13.3 Å². The molecule has 0 aromatic heterocycles. The molecule has 0 bridgehead atoms. The summed E-state index contributed by atoms with van der Waals surface area (Å²) in [6.07, 6.45) is 0.662. The molecule has 0 aliphatic rings. The number of hydrogen-bond acceptors (Lipinski definition) is 4. The van der Waals surface area contributed by atoms with Crippen molar-refractivity contribution in [3.8, 4) is 0 Å². The maximum Gasteiger partial charge on any atom is 0.322 e. The first-order valence-corrected chi connectivity index (χ1v) is 6.12. The van der Waals surface area contributed by atoms with Crippen molar-refractivity contribution in [1.82, 2.24) is 20.9 Å². The summed E-state index contributed by atoms with van der Waals surface area (Å²) in [5.74, 6) is -2.10. The van der Waals surface area contributed by atoms with Crippen molar-refractivity contribution in [1.29, 1.82) is 0 Å². The van der Waals surface area contributed by atoms with Gasteiger partial charge in [0.2, 0.25) is 11.8 Å². The normalized spacial score (nSPS) is 9.50. The molecule has 114 valence electrons. The fourth-order valence-corrected chi connectivity index (χ4v) is 1.28. The molecule has 0 rings (SSSR count). The van der Waals surface area contributed by atoms with Gasteiger partial charge in [-0.3, -0.25) is 14.4 Å². The Morgan fingerprint density at radius 3 is 2.20 bits per heavy atom. The Labute approximate surface area is 116 Å². The zero-order valence-electron chi connectivity index (χ0n) is 11.6. The van der Waals surface area contributed by atoms with Gasteiger partial charge in [-0.1, -0.05) is 6.92 Å². The van der Waals surface area contributed by atoms with Crippen LogP contribution in [0.15, 0.2) is 0 Å². The van der Waals surface area contributed by atoms with Crippen molar-refractivity contribution in [2.75, 3.05) is 33.2 Å². The number of carboxylic acids is 1. The number of likely N-dealkylation sites (N-methyl/N-ethyl adjacent to an activating group) is 1. The summed E-state index contributed by atoms with van der Waals surface area (Å²) in [5, 5.41) is 15.2. The third kappa shape index (κ3) is 7.90. The van der Waals surface area contributed by atoms with E-state index in [1.165, 1.54) is 11.9 Å². The van der Waals surface area contributed by atoms with Gasteiger partial charge in [0.15, 0.2) is 0 Å². The third-order valence-corrected chi connectivity index (χ3v) is 2.23. The number of rotatable bonds is 8. The van der Waals surface area contributed by atoms with Crippen molar-refractivity contribution in [3.63, 3.8) is 0 Å². The lowest BCUT2D eigenvalue weighted by molar-refractivity contribution is -0.137. The van der Waals surface area contributed by atoms with Crippen LogP contribution in [0.4, 0.5) is 4.79 Å². The van der Waals surface area contributed by atoms with Crippen molar-refractivity contribution >= 4 is 23.8 Å². The van der Waals surface area contributed by atoms with Crippen molar-refractivity contribution in [2.45, 2.75) is 13.3 Å². The molecule has 0 saturated heterocycles. The zero-order chi connectivity index (χ0) is 15.5. The van der Waals surface area contributed by atoms with E-state index in [0.29, 0.717) is 13.0 Å². The van der Waals surface area contributed by atoms with Crippen molar-refractivity contribution in [3.05, 3.63) is 0 Å². The number of carbonyl (C=O) groups excluding carboxylic acids is 3. The first-order valence-electron chi connectivity index (χ1n) is 6.12. The predicted octanol–water partition coefficient (Wildman–Crippen LogP) is -1.65. The molecule has 9 heteroatoms. The SMILES string of the molecule is CCCN(CC(=O)NC)C(=O)NCC(=O)NCC(=O)O. The van der Waals surface area contributed by atoms with Gasteiger partial charge in [0, 0.05) is 13.6 Å². The molecule has 20 heavy (non-hydrogen) atoms. The number of carbonyl (C=O) groups is 4. The monoisotopic (exact) mass is 288 g/mol. The highest BCUT2D eigenvalue weighted by Gasteiger charge is 2.16. The van der Waals surface area contributed by atoms with Gasteiger partial charge in [0.1, 0.15) is 13.1 Å². The third-order valence-electron chi connectivity index (χ3n) is 2.23. The predicted molar refractivity (Wildman–Crippen MR) is 70.0 cm³/mol. The van der Waals surface area contributed by atoms with Crippen molar-refractivity contribution < 1.29 is 24.3 Å². The second-order valence-corrected chi connectivity index (χ2v) is 3.92. The average Bonchev–Trinajstić information content (AvgIpc) is 2.41. The number of aliphatic carboxylic acids is 1. The van der Waals surface area contributed by atoms with Gasteiger partial charge < -0.3 is 26.0 Å². The molecule has 0 aromatic rings. The molecule has 0 aliphatic carbocycles. The van der Waals surface area contributed by atoms with E-state index in [4.69, 9.17) is 5.11 Å². The molecule has 0 atom stereocenters. The molecule has 9 nitrogen and oxygen atoms in total. The summed E-state index contributed by atoms with van der Waals surface area (Å²) >= 11 is 0. The van der Waals surface area contributed by atoms with Gasteiger partial charge in [-0.15, -0.1) is 0 Å². The van der Waals surface area contributed by atoms with Gasteiger partial charge in [0.25, 0.3) is 0 Å². The number of hydrogen-bond donors (Lipinski definition) is 4. The van der Waals surface area contributed by atoms with E-state index >= 15 is 0 Å². The van der Waals surface area contributed by atoms with Crippen LogP contribution in [0.25, 0.3) is 0 Å². The van der Waals surface area contributed by atoms with Crippen LogP contribution in [0, 0.1) is 0 Å². The second-order valence-electron chi connectivity index (χ2n) is 3.92. The fourth-order valence-electron chi connectivity index (χ4n) is 1.28. The van der Waals surface area contributed by atoms with Crippen LogP contribution in [-0.2, 0) is 14.4 Å². The molecule has 0 aliphatic heterocycles. The van der Waals surface area contributed by atoms with Crippen LogP contribution >= 0.6 is 0 Å². The second kappa shape index (κ2) is 9.59. The molecule has 4 N–H and O–H groups in total. The maximum absolute atomic E-state index is 11.8. The van der Waals surface area contributed by atoms with Crippen LogP contribution < -0.4 is 16.0 Å². The Kier molecular flexibility index (Phi) is 8.48. The molecule has 0 saturated carbocycles. The summed E-state index contributed by atoms with van der Waals surface area (Å²) < 4.78 is 0. The quantitative estimate of drug-likeness (QED) is 0.426. The Morgan fingerprint density at radius 2 is 1.70 bits per heavy atom. The molecule has 0 spiro atoms.